The van der Waals surface area contributed by atoms with E-state index in [2.05, 4.69) is 16.9 Å². The molecule has 0 saturated heterocycles. The minimum absolute atomic E-state index is 0.122. The minimum Gasteiger partial charge on any atom is -0.481 e. The molecule has 0 fully saturated rings. The molecule has 4 heteroatoms. The summed E-state index contributed by atoms with van der Waals surface area (Å²) < 4.78 is 4.37. The standard InChI is InChI=1S/C7H12O4.C6H10/c1-11-7(10)5-3-2-4-6(8)9;1-2-4-6-5-3-1/h2-5H2,1H3,(H,8,9);1-2H,3-6H2. The zero-order chi connectivity index (χ0) is 12.9. The molecular weight excluding hydrogens is 220 g/mol. The Kier molecular flexibility index (Phi) is 10.3. The van der Waals surface area contributed by atoms with Gasteiger partial charge in [-0.3, -0.25) is 9.59 Å². The Morgan fingerprint density at radius 1 is 1.12 bits per heavy atom. The molecule has 0 bridgehead atoms. The van der Waals surface area contributed by atoms with Crippen LogP contribution in [0.15, 0.2) is 12.2 Å². The Hall–Kier alpha value is -1.32. The molecular formula is C13H22O4. The normalized spacial score (nSPS) is 13.5. The van der Waals surface area contributed by atoms with Crippen LogP contribution >= 0.6 is 0 Å². The number of carbonyl (C=O) groups excluding carboxylic acids is 1. The van der Waals surface area contributed by atoms with E-state index in [1.165, 1.54) is 32.8 Å². The van der Waals surface area contributed by atoms with Crippen LogP contribution in [0.1, 0.15) is 51.4 Å². The van der Waals surface area contributed by atoms with Crippen LogP contribution in [0.4, 0.5) is 0 Å². The van der Waals surface area contributed by atoms with Crippen molar-refractivity contribution in [3.05, 3.63) is 12.2 Å². The van der Waals surface area contributed by atoms with Gasteiger partial charge >= 0.3 is 11.9 Å². The highest BCUT2D eigenvalue weighted by atomic mass is 16.5. The van der Waals surface area contributed by atoms with Crippen LogP contribution < -0.4 is 0 Å². The summed E-state index contributed by atoms with van der Waals surface area (Å²) in [6.07, 6.45) is 11.5. The molecule has 1 N–H and O–H groups in total. The molecule has 1 rings (SSSR count). The molecule has 0 aromatic carbocycles. The van der Waals surface area contributed by atoms with Gasteiger partial charge in [-0.05, 0) is 38.5 Å². The lowest BCUT2D eigenvalue weighted by atomic mass is 10.1. The van der Waals surface area contributed by atoms with Gasteiger partial charge in [-0.1, -0.05) is 12.2 Å². The third-order valence-corrected chi connectivity index (χ3v) is 2.41. The Morgan fingerprint density at radius 3 is 2.00 bits per heavy atom. The van der Waals surface area contributed by atoms with Gasteiger partial charge < -0.3 is 9.84 Å². The van der Waals surface area contributed by atoms with Crippen molar-refractivity contribution in [2.75, 3.05) is 7.11 Å². The molecule has 0 aromatic heterocycles. The molecule has 0 saturated carbocycles. The van der Waals surface area contributed by atoms with E-state index in [0.29, 0.717) is 19.3 Å². The number of methoxy groups -OCH3 is 1. The van der Waals surface area contributed by atoms with Crippen molar-refractivity contribution >= 4 is 11.9 Å². The largest absolute Gasteiger partial charge is 0.481 e. The van der Waals surface area contributed by atoms with Gasteiger partial charge in [0, 0.05) is 12.8 Å². The van der Waals surface area contributed by atoms with Crippen LogP contribution in [0.2, 0.25) is 0 Å². The number of rotatable bonds is 5. The van der Waals surface area contributed by atoms with Crippen LogP contribution in [0.5, 0.6) is 0 Å². The summed E-state index contributed by atoms with van der Waals surface area (Å²) in [5.41, 5.74) is 0. The van der Waals surface area contributed by atoms with Crippen molar-refractivity contribution in [1.82, 2.24) is 0 Å². The van der Waals surface area contributed by atoms with Crippen LogP contribution in [0.25, 0.3) is 0 Å². The van der Waals surface area contributed by atoms with Crippen molar-refractivity contribution < 1.29 is 19.4 Å². The smallest absolute Gasteiger partial charge is 0.305 e. The van der Waals surface area contributed by atoms with E-state index >= 15 is 0 Å². The summed E-state index contributed by atoms with van der Waals surface area (Å²) >= 11 is 0. The van der Waals surface area contributed by atoms with E-state index in [0.717, 1.165) is 0 Å². The molecule has 1 aliphatic rings. The first-order valence-corrected chi connectivity index (χ1v) is 6.10. The van der Waals surface area contributed by atoms with Gasteiger partial charge in [-0.2, -0.15) is 0 Å². The highest BCUT2D eigenvalue weighted by Gasteiger charge is 2.01. The number of hydrogen-bond acceptors (Lipinski definition) is 3. The average Bonchev–Trinajstić information content (AvgIpc) is 2.37. The molecule has 0 aliphatic heterocycles. The molecule has 4 nitrogen and oxygen atoms in total. The number of esters is 1. The van der Waals surface area contributed by atoms with Gasteiger partial charge in [0.25, 0.3) is 0 Å². The van der Waals surface area contributed by atoms with Gasteiger partial charge in [0.05, 0.1) is 7.11 Å². The van der Waals surface area contributed by atoms with Crippen molar-refractivity contribution in [1.29, 1.82) is 0 Å². The quantitative estimate of drug-likeness (QED) is 0.457. The van der Waals surface area contributed by atoms with E-state index < -0.39 is 5.97 Å². The fraction of sp³-hybridized carbons (Fsp3) is 0.692. The third-order valence-electron chi connectivity index (χ3n) is 2.41. The van der Waals surface area contributed by atoms with Crippen molar-refractivity contribution in [2.24, 2.45) is 0 Å². The van der Waals surface area contributed by atoms with E-state index in [9.17, 15) is 9.59 Å². The summed E-state index contributed by atoms with van der Waals surface area (Å²) in [4.78, 5) is 20.5. The highest BCUT2D eigenvalue weighted by molar-refractivity contribution is 5.69. The second-order valence-corrected chi connectivity index (χ2v) is 3.93. The van der Waals surface area contributed by atoms with E-state index in [-0.39, 0.29) is 12.4 Å². The lowest BCUT2D eigenvalue weighted by Gasteiger charge is -1.97. The summed E-state index contributed by atoms with van der Waals surface area (Å²) in [6, 6.07) is 0. The molecule has 0 spiro atoms. The van der Waals surface area contributed by atoms with Crippen LogP contribution in [0, 0.1) is 0 Å². The number of aliphatic carboxylic acids is 1. The first-order valence-electron chi connectivity index (χ1n) is 6.10. The third kappa shape index (κ3) is 12.6. The number of carbonyl (C=O) groups is 2. The van der Waals surface area contributed by atoms with Crippen LogP contribution in [-0.2, 0) is 14.3 Å². The first kappa shape index (κ1) is 15.7. The molecule has 0 amide bonds. The van der Waals surface area contributed by atoms with Crippen LogP contribution in [0.3, 0.4) is 0 Å². The second-order valence-electron chi connectivity index (χ2n) is 3.93. The summed E-state index contributed by atoms with van der Waals surface area (Å²) in [5.74, 6) is -1.11. The molecule has 0 atom stereocenters. The van der Waals surface area contributed by atoms with E-state index in [4.69, 9.17) is 5.11 Å². The fourth-order valence-electron chi connectivity index (χ4n) is 1.41. The van der Waals surface area contributed by atoms with E-state index in [1.54, 1.807) is 0 Å². The zero-order valence-electron chi connectivity index (χ0n) is 10.5. The molecule has 0 radical (unpaired) electrons. The van der Waals surface area contributed by atoms with E-state index in [1.807, 2.05) is 0 Å². The lowest BCUT2D eigenvalue weighted by Crippen LogP contribution is -2.00. The molecule has 17 heavy (non-hydrogen) atoms. The van der Waals surface area contributed by atoms with Crippen molar-refractivity contribution in [3.63, 3.8) is 0 Å². The maximum atomic E-state index is 10.5. The number of unbranched alkanes of at least 4 members (excludes halogenated alkanes) is 1. The first-order chi connectivity index (χ1) is 8.16. The van der Waals surface area contributed by atoms with Gasteiger partial charge in [-0.25, -0.2) is 0 Å². The molecule has 0 aromatic rings. The highest BCUT2D eigenvalue weighted by Crippen LogP contribution is 2.07. The molecule has 0 heterocycles. The number of carboxylic acids is 1. The number of ether oxygens (including phenoxy) is 1. The Bertz CT molecular complexity index is 238. The van der Waals surface area contributed by atoms with Crippen molar-refractivity contribution in [3.8, 4) is 0 Å². The molecule has 0 unspecified atom stereocenters. The number of carboxylic acid groups (broad SMARTS) is 1. The predicted molar refractivity (Wildman–Crippen MR) is 65.7 cm³/mol. The average molecular weight is 242 g/mol. The Labute approximate surface area is 103 Å². The summed E-state index contributed by atoms with van der Waals surface area (Å²) in [6.45, 7) is 0. The number of allylic oxidation sites excluding steroid dienone is 2. The summed E-state index contributed by atoms with van der Waals surface area (Å²) in [5, 5.41) is 8.22. The SMILES string of the molecule is C1=CCCCC1.COC(=O)CCCCC(=O)O. The van der Waals surface area contributed by atoms with Gasteiger partial charge in [-0.15, -0.1) is 0 Å². The Morgan fingerprint density at radius 2 is 1.65 bits per heavy atom. The minimum atomic E-state index is -0.824. The monoisotopic (exact) mass is 242 g/mol. The van der Waals surface area contributed by atoms with Gasteiger partial charge in [0.15, 0.2) is 0 Å². The van der Waals surface area contributed by atoms with Gasteiger partial charge in [0.1, 0.15) is 0 Å². The summed E-state index contributed by atoms with van der Waals surface area (Å²) in [7, 11) is 1.32. The molecule has 1 aliphatic carbocycles. The Balaban J connectivity index is 0.000000354. The zero-order valence-corrected chi connectivity index (χ0v) is 10.5. The van der Waals surface area contributed by atoms with Crippen LogP contribution in [-0.4, -0.2) is 24.2 Å². The van der Waals surface area contributed by atoms with Crippen molar-refractivity contribution in [2.45, 2.75) is 51.4 Å². The predicted octanol–water partition coefficient (Wildman–Crippen LogP) is 2.92. The fourth-order valence-corrected chi connectivity index (χ4v) is 1.41. The second kappa shape index (κ2) is 11.2. The molecule has 98 valence electrons. The lowest BCUT2D eigenvalue weighted by molar-refractivity contribution is -0.141. The number of hydrogen-bond donors (Lipinski definition) is 1. The maximum Gasteiger partial charge on any atom is 0.305 e. The maximum absolute atomic E-state index is 10.5. The topological polar surface area (TPSA) is 63.6 Å². The van der Waals surface area contributed by atoms with Gasteiger partial charge in [0.2, 0.25) is 0 Å².